The zero-order valence-electron chi connectivity index (χ0n) is 15.3. The Hall–Kier alpha value is -2.37. The number of nitrogens with one attached hydrogen (secondary N) is 1. The van der Waals surface area contributed by atoms with Crippen molar-refractivity contribution in [3.8, 4) is 11.5 Å². The fraction of sp³-hybridized carbons (Fsp3) is 0.474. The van der Waals surface area contributed by atoms with E-state index >= 15 is 0 Å². The van der Waals surface area contributed by atoms with Crippen LogP contribution in [-0.4, -0.2) is 42.5 Å². The molecule has 0 aliphatic rings. The first kappa shape index (κ1) is 19.0. The molecule has 1 aromatic heterocycles. The molecule has 0 spiro atoms. The molecular formula is C19H27FN4O. The summed E-state index contributed by atoms with van der Waals surface area (Å²) in [5.74, 6) is 1.15. The number of unbranched alkanes of at least 4 members (excludes halogenated alkanes) is 1. The maximum Gasteiger partial charge on any atom is 0.226 e. The maximum absolute atomic E-state index is 13.0. The highest BCUT2D eigenvalue weighted by molar-refractivity contribution is 5.79. The number of hydrogen-bond acceptors (Lipinski definition) is 3. The van der Waals surface area contributed by atoms with Gasteiger partial charge in [-0.2, -0.15) is 0 Å². The predicted octanol–water partition coefficient (Wildman–Crippen LogP) is 3.72. The molecule has 0 unspecified atom stereocenters. The Labute approximate surface area is 149 Å². The molecular weight excluding hydrogens is 319 g/mol. The average molecular weight is 346 g/mol. The van der Waals surface area contributed by atoms with Crippen molar-refractivity contribution in [2.24, 2.45) is 4.99 Å². The summed E-state index contributed by atoms with van der Waals surface area (Å²) in [4.78, 5) is 11.3. The molecule has 0 saturated heterocycles. The van der Waals surface area contributed by atoms with Crippen LogP contribution in [0.25, 0.3) is 11.5 Å². The van der Waals surface area contributed by atoms with Gasteiger partial charge in [-0.25, -0.2) is 9.37 Å². The quantitative estimate of drug-likeness (QED) is 0.585. The van der Waals surface area contributed by atoms with Crippen LogP contribution in [0.5, 0.6) is 0 Å². The van der Waals surface area contributed by atoms with E-state index < -0.39 is 0 Å². The molecule has 2 rings (SSSR count). The zero-order valence-corrected chi connectivity index (χ0v) is 15.3. The van der Waals surface area contributed by atoms with E-state index in [9.17, 15) is 4.39 Å². The number of rotatable bonds is 8. The minimum Gasteiger partial charge on any atom is -0.444 e. The summed E-state index contributed by atoms with van der Waals surface area (Å²) in [5, 5.41) is 3.31. The van der Waals surface area contributed by atoms with Gasteiger partial charge < -0.3 is 14.6 Å². The lowest BCUT2D eigenvalue weighted by molar-refractivity contribution is 0.465. The van der Waals surface area contributed by atoms with Crippen molar-refractivity contribution >= 4 is 5.96 Å². The van der Waals surface area contributed by atoms with Crippen molar-refractivity contribution in [3.05, 3.63) is 42.0 Å². The van der Waals surface area contributed by atoms with Crippen molar-refractivity contribution in [3.63, 3.8) is 0 Å². The Morgan fingerprint density at radius 2 is 2.04 bits per heavy atom. The van der Waals surface area contributed by atoms with Crippen LogP contribution in [0, 0.1) is 5.82 Å². The van der Waals surface area contributed by atoms with E-state index in [0.717, 1.165) is 43.1 Å². The molecule has 0 fully saturated rings. The molecule has 1 N–H and O–H groups in total. The van der Waals surface area contributed by atoms with Crippen LogP contribution in [0.3, 0.4) is 0 Å². The highest BCUT2D eigenvalue weighted by atomic mass is 19.1. The molecule has 136 valence electrons. The van der Waals surface area contributed by atoms with Crippen molar-refractivity contribution in [2.45, 2.75) is 33.1 Å². The molecule has 1 heterocycles. The average Bonchev–Trinajstić information content (AvgIpc) is 3.08. The van der Waals surface area contributed by atoms with Crippen LogP contribution < -0.4 is 5.32 Å². The summed E-state index contributed by atoms with van der Waals surface area (Å²) in [5.41, 5.74) is 1.61. The van der Waals surface area contributed by atoms with Gasteiger partial charge in [0.1, 0.15) is 12.1 Å². The Kier molecular flexibility index (Phi) is 7.44. The molecule has 0 saturated carbocycles. The zero-order chi connectivity index (χ0) is 18.1. The molecule has 0 aliphatic carbocycles. The molecule has 25 heavy (non-hydrogen) atoms. The lowest BCUT2D eigenvalue weighted by atomic mass is 10.2. The van der Waals surface area contributed by atoms with Crippen LogP contribution in [0.1, 0.15) is 32.4 Å². The summed E-state index contributed by atoms with van der Waals surface area (Å²) >= 11 is 0. The fourth-order valence-corrected chi connectivity index (χ4v) is 2.39. The first-order chi connectivity index (χ1) is 12.1. The highest BCUT2D eigenvalue weighted by Gasteiger charge is 2.08. The summed E-state index contributed by atoms with van der Waals surface area (Å²) in [7, 11) is 2.06. The lowest BCUT2D eigenvalue weighted by Crippen LogP contribution is -2.39. The smallest absolute Gasteiger partial charge is 0.226 e. The van der Waals surface area contributed by atoms with Crippen molar-refractivity contribution in [2.75, 3.05) is 26.7 Å². The van der Waals surface area contributed by atoms with Crippen LogP contribution in [0.4, 0.5) is 4.39 Å². The van der Waals surface area contributed by atoms with Crippen LogP contribution in [0.2, 0.25) is 0 Å². The second-order valence-corrected chi connectivity index (χ2v) is 5.91. The van der Waals surface area contributed by atoms with Crippen LogP contribution in [-0.2, 0) is 6.42 Å². The fourth-order valence-electron chi connectivity index (χ4n) is 2.39. The number of nitrogens with zero attached hydrogens (tertiary/aromatic N) is 3. The van der Waals surface area contributed by atoms with E-state index in [0.29, 0.717) is 18.9 Å². The van der Waals surface area contributed by atoms with E-state index in [-0.39, 0.29) is 5.82 Å². The standard InChI is InChI=1S/C19H27FN4O/c1-4-6-13-24(3)19(21-5-2)22-12-11-17-14-25-18(23-17)15-7-9-16(20)10-8-15/h7-10,14H,4-6,11-13H2,1-3H3,(H,21,22). The summed E-state index contributed by atoms with van der Waals surface area (Å²) in [6.07, 6.45) is 4.64. The number of benzene rings is 1. The van der Waals surface area contributed by atoms with Gasteiger partial charge in [-0.1, -0.05) is 13.3 Å². The second kappa shape index (κ2) is 9.81. The van der Waals surface area contributed by atoms with Crippen molar-refractivity contribution < 1.29 is 8.81 Å². The van der Waals surface area contributed by atoms with E-state index in [1.165, 1.54) is 12.1 Å². The monoisotopic (exact) mass is 346 g/mol. The minimum atomic E-state index is -0.270. The Balaban J connectivity index is 1.94. The summed E-state index contributed by atoms with van der Waals surface area (Å²) in [6, 6.07) is 6.13. The molecule has 1 aromatic carbocycles. The van der Waals surface area contributed by atoms with Gasteiger partial charge in [-0.05, 0) is 37.6 Å². The van der Waals surface area contributed by atoms with Crippen molar-refractivity contribution in [1.82, 2.24) is 15.2 Å². The van der Waals surface area contributed by atoms with Gasteiger partial charge in [0.25, 0.3) is 0 Å². The second-order valence-electron chi connectivity index (χ2n) is 5.91. The molecule has 0 radical (unpaired) electrons. The number of aromatic nitrogens is 1. The molecule has 0 atom stereocenters. The highest BCUT2D eigenvalue weighted by Crippen LogP contribution is 2.19. The number of oxazole rings is 1. The van der Waals surface area contributed by atoms with Crippen LogP contribution in [0.15, 0.2) is 39.9 Å². The summed E-state index contributed by atoms with van der Waals surface area (Å²) < 4.78 is 18.5. The van der Waals surface area contributed by atoms with Crippen molar-refractivity contribution in [1.29, 1.82) is 0 Å². The molecule has 0 bridgehead atoms. The maximum atomic E-state index is 13.0. The van der Waals surface area contributed by atoms with Gasteiger partial charge in [0.15, 0.2) is 5.96 Å². The van der Waals surface area contributed by atoms with Gasteiger partial charge in [-0.3, -0.25) is 4.99 Å². The Morgan fingerprint density at radius 3 is 2.72 bits per heavy atom. The minimum absolute atomic E-state index is 0.270. The van der Waals surface area contributed by atoms with E-state index in [1.54, 1.807) is 18.4 Å². The molecule has 0 amide bonds. The molecule has 2 aromatic rings. The molecule has 5 nitrogen and oxygen atoms in total. The molecule has 0 aliphatic heterocycles. The van der Waals surface area contributed by atoms with Gasteiger partial charge in [-0.15, -0.1) is 0 Å². The first-order valence-electron chi connectivity index (χ1n) is 8.83. The third kappa shape index (κ3) is 5.89. The Morgan fingerprint density at radius 1 is 1.28 bits per heavy atom. The van der Waals surface area contributed by atoms with Gasteiger partial charge in [0.2, 0.25) is 5.89 Å². The van der Waals surface area contributed by atoms with E-state index in [4.69, 9.17) is 4.42 Å². The lowest BCUT2D eigenvalue weighted by Gasteiger charge is -2.21. The number of hydrogen-bond donors (Lipinski definition) is 1. The van der Waals surface area contributed by atoms with Gasteiger partial charge in [0, 0.05) is 38.7 Å². The van der Waals surface area contributed by atoms with Crippen LogP contribution >= 0.6 is 0 Å². The van der Waals surface area contributed by atoms with E-state index in [2.05, 4.69) is 41.1 Å². The Bertz CT molecular complexity index is 666. The first-order valence-corrected chi connectivity index (χ1v) is 8.83. The SMILES string of the molecule is CCCCN(C)C(=NCCc1coc(-c2ccc(F)cc2)n1)NCC. The largest absolute Gasteiger partial charge is 0.444 e. The topological polar surface area (TPSA) is 53.7 Å². The number of halogens is 1. The third-order valence-electron chi connectivity index (χ3n) is 3.82. The number of aliphatic imine (C=N–C) groups is 1. The predicted molar refractivity (Wildman–Crippen MR) is 99.1 cm³/mol. The number of guanidine groups is 1. The van der Waals surface area contributed by atoms with Gasteiger partial charge in [0.05, 0.1) is 5.69 Å². The third-order valence-corrected chi connectivity index (χ3v) is 3.82. The molecule has 6 heteroatoms. The normalized spacial score (nSPS) is 11.6. The van der Waals surface area contributed by atoms with E-state index in [1.807, 2.05) is 0 Å². The van der Waals surface area contributed by atoms with Gasteiger partial charge >= 0.3 is 0 Å². The summed E-state index contributed by atoms with van der Waals surface area (Å²) in [6.45, 7) is 6.71.